The topological polar surface area (TPSA) is 86.0 Å². The second kappa shape index (κ2) is 10.1. The van der Waals surface area contributed by atoms with Crippen molar-refractivity contribution in [3.05, 3.63) is 46.5 Å². The highest BCUT2D eigenvalue weighted by Gasteiger charge is 2.25. The number of rotatable bonds is 8. The van der Waals surface area contributed by atoms with Crippen molar-refractivity contribution in [3.8, 4) is 0 Å². The molecule has 1 aliphatic carbocycles. The molecule has 3 aromatic rings. The van der Waals surface area contributed by atoms with Gasteiger partial charge in [-0.2, -0.15) is 0 Å². The third-order valence-corrected chi connectivity index (χ3v) is 7.90. The van der Waals surface area contributed by atoms with E-state index in [9.17, 15) is 4.79 Å². The number of aryl methyl sites for hydroxylation is 2. The van der Waals surface area contributed by atoms with Gasteiger partial charge in [-0.25, -0.2) is 9.67 Å². The predicted octanol–water partition coefficient (Wildman–Crippen LogP) is 3.51. The lowest BCUT2D eigenvalue weighted by atomic mass is 10.0. The molecule has 0 N–H and O–H groups in total. The van der Waals surface area contributed by atoms with Crippen LogP contribution in [0.25, 0.3) is 0 Å². The number of ether oxygens (including phenoxy) is 1. The lowest BCUT2D eigenvalue weighted by Gasteiger charge is -2.20. The molecule has 5 rings (SSSR count). The van der Waals surface area contributed by atoms with Gasteiger partial charge < -0.3 is 4.74 Å². The zero-order chi connectivity index (χ0) is 21.8. The zero-order valence-corrected chi connectivity index (χ0v) is 19.5. The van der Waals surface area contributed by atoms with E-state index in [0.29, 0.717) is 18.2 Å². The summed E-state index contributed by atoms with van der Waals surface area (Å²) in [4.78, 5) is 21.4. The van der Waals surface area contributed by atoms with Gasteiger partial charge in [-0.05, 0) is 54.5 Å². The molecule has 32 heavy (non-hydrogen) atoms. The van der Waals surface area contributed by atoms with Crippen LogP contribution in [0.3, 0.4) is 0 Å². The molecule has 0 unspecified atom stereocenters. The van der Waals surface area contributed by atoms with Crippen molar-refractivity contribution in [3.63, 3.8) is 0 Å². The number of hydrogen-bond donors (Lipinski definition) is 0. The molecular weight excluding hydrogens is 444 g/mol. The van der Waals surface area contributed by atoms with Crippen molar-refractivity contribution < 1.29 is 9.53 Å². The van der Waals surface area contributed by atoms with E-state index in [1.165, 1.54) is 29.5 Å². The van der Waals surface area contributed by atoms with Crippen molar-refractivity contribution in [2.24, 2.45) is 0 Å². The predicted molar refractivity (Wildman–Crippen MR) is 124 cm³/mol. The number of aromatic nitrogens is 5. The molecule has 1 amide bonds. The number of carbonyl (C=O) groups excluding carboxylic acids is 1. The van der Waals surface area contributed by atoms with E-state index in [4.69, 9.17) is 9.72 Å². The first kappa shape index (κ1) is 21.5. The fourth-order valence-electron chi connectivity index (χ4n) is 4.08. The average molecular weight is 471 g/mol. The Labute approximate surface area is 195 Å². The minimum Gasteiger partial charge on any atom is -0.376 e. The van der Waals surface area contributed by atoms with Gasteiger partial charge in [-0.1, -0.05) is 42.1 Å². The second-order valence-electron chi connectivity index (χ2n) is 8.11. The summed E-state index contributed by atoms with van der Waals surface area (Å²) in [6.45, 7) is 1.92. The van der Waals surface area contributed by atoms with E-state index in [0.717, 1.165) is 48.7 Å². The molecule has 0 radical (unpaired) electrons. The number of carbonyl (C=O) groups is 1. The van der Waals surface area contributed by atoms with Gasteiger partial charge in [0.25, 0.3) is 0 Å². The Morgan fingerprint density at radius 1 is 1.22 bits per heavy atom. The van der Waals surface area contributed by atoms with E-state index in [2.05, 4.69) is 15.5 Å². The SMILES string of the molecule is O=C(CSc1nnnn1C[C@H]1CCCO1)N(Cc1ccccc1)c1nc2c(s1)CCCC2. The molecule has 0 bridgehead atoms. The normalized spacial score (nSPS) is 17.9. The summed E-state index contributed by atoms with van der Waals surface area (Å²) in [5, 5.41) is 13.5. The molecular formula is C22H26N6O2S2. The van der Waals surface area contributed by atoms with E-state index < -0.39 is 0 Å². The monoisotopic (exact) mass is 470 g/mol. The highest BCUT2D eigenvalue weighted by atomic mass is 32.2. The lowest BCUT2D eigenvalue weighted by molar-refractivity contribution is -0.116. The fraction of sp³-hybridized carbons (Fsp3) is 0.500. The van der Waals surface area contributed by atoms with Gasteiger partial charge in [0.05, 0.1) is 30.6 Å². The number of hydrogen-bond acceptors (Lipinski definition) is 8. The number of amides is 1. The van der Waals surface area contributed by atoms with Gasteiger partial charge in [0.1, 0.15) is 0 Å². The molecule has 1 fully saturated rings. The third kappa shape index (κ3) is 5.02. The first-order valence-corrected chi connectivity index (χ1v) is 12.9. The van der Waals surface area contributed by atoms with E-state index in [-0.39, 0.29) is 17.8 Å². The molecule has 1 atom stereocenters. The van der Waals surface area contributed by atoms with Gasteiger partial charge >= 0.3 is 0 Å². The number of thioether (sulfide) groups is 1. The fourth-order valence-corrected chi connectivity index (χ4v) is 6.01. The van der Waals surface area contributed by atoms with Gasteiger partial charge in [0.2, 0.25) is 11.1 Å². The van der Waals surface area contributed by atoms with Crippen molar-refractivity contribution >= 4 is 34.1 Å². The first-order chi connectivity index (χ1) is 15.8. The Hall–Kier alpha value is -2.30. The average Bonchev–Trinajstić information content (AvgIpc) is 3.58. The highest BCUT2D eigenvalue weighted by Crippen LogP contribution is 2.33. The molecule has 1 aliphatic heterocycles. The van der Waals surface area contributed by atoms with Crippen LogP contribution >= 0.6 is 23.1 Å². The van der Waals surface area contributed by atoms with Crippen LogP contribution in [0, 0.1) is 0 Å². The van der Waals surface area contributed by atoms with E-state index >= 15 is 0 Å². The van der Waals surface area contributed by atoms with Gasteiger partial charge in [-0.3, -0.25) is 9.69 Å². The Kier molecular flexibility index (Phi) is 6.80. The van der Waals surface area contributed by atoms with Crippen LogP contribution in [0.4, 0.5) is 5.13 Å². The quantitative estimate of drug-likeness (QED) is 0.466. The summed E-state index contributed by atoms with van der Waals surface area (Å²) in [5.74, 6) is 0.264. The van der Waals surface area contributed by atoms with Crippen LogP contribution in [0.5, 0.6) is 0 Å². The number of tetrazole rings is 1. The molecule has 0 saturated carbocycles. The Morgan fingerprint density at radius 3 is 2.91 bits per heavy atom. The minimum atomic E-state index is 0.0108. The summed E-state index contributed by atoms with van der Waals surface area (Å²) in [7, 11) is 0. The van der Waals surface area contributed by atoms with Crippen LogP contribution < -0.4 is 4.90 Å². The number of nitrogens with zero attached hydrogens (tertiary/aromatic N) is 6. The molecule has 168 valence electrons. The molecule has 2 aliphatic rings. The first-order valence-electron chi connectivity index (χ1n) is 11.1. The zero-order valence-electron chi connectivity index (χ0n) is 17.9. The van der Waals surface area contributed by atoms with Crippen LogP contribution in [-0.2, 0) is 35.5 Å². The van der Waals surface area contributed by atoms with Crippen molar-refractivity contribution in [1.82, 2.24) is 25.2 Å². The van der Waals surface area contributed by atoms with E-state index in [1.807, 2.05) is 35.2 Å². The Bertz CT molecular complexity index is 1020. The standard InChI is InChI=1S/C22H26N6O2S2/c29-20(15-31-22-24-25-26-28(22)14-17-9-6-12-30-17)27(13-16-7-2-1-3-8-16)21-23-18-10-4-5-11-19(18)32-21/h1-3,7-8,17H,4-6,9-15H2/t17-/m1/s1. The number of thiazole rings is 1. The highest BCUT2D eigenvalue weighted by molar-refractivity contribution is 7.99. The maximum atomic E-state index is 13.4. The van der Waals surface area contributed by atoms with Gasteiger partial charge in [0.15, 0.2) is 5.13 Å². The molecule has 0 spiro atoms. The van der Waals surface area contributed by atoms with Crippen LogP contribution in [0.15, 0.2) is 35.5 Å². The number of anilines is 1. The van der Waals surface area contributed by atoms with Crippen molar-refractivity contribution in [2.75, 3.05) is 17.3 Å². The molecule has 8 nitrogen and oxygen atoms in total. The summed E-state index contributed by atoms with van der Waals surface area (Å²) >= 11 is 3.03. The maximum Gasteiger partial charge on any atom is 0.239 e. The molecule has 10 heteroatoms. The van der Waals surface area contributed by atoms with Crippen molar-refractivity contribution in [2.45, 2.75) is 62.9 Å². The second-order valence-corrected chi connectivity index (χ2v) is 10.1. The Balaban J connectivity index is 1.31. The summed E-state index contributed by atoms with van der Waals surface area (Å²) < 4.78 is 7.45. The molecule has 3 heterocycles. The number of fused-ring (bicyclic) bond motifs is 1. The summed E-state index contributed by atoms with van der Waals surface area (Å²) in [6, 6.07) is 10.1. The molecule has 2 aromatic heterocycles. The van der Waals surface area contributed by atoms with Crippen LogP contribution in [-0.4, -0.2) is 49.6 Å². The van der Waals surface area contributed by atoms with Crippen LogP contribution in [0.2, 0.25) is 0 Å². The van der Waals surface area contributed by atoms with Gasteiger partial charge in [0, 0.05) is 11.5 Å². The minimum absolute atomic E-state index is 0.0108. The smallest absolute Gasteiger partial charge is 0.239 e. The maximum absolute atomic E-state index is 13.4. The third-order valence-electron chi connectivity index (χ3n) is 5.77. The molecule has 1 aromatic carbocycles. The van der Waals surface area contributed by atoms with Crippen molar-refractivity contribution in [1.29, 1.82) is 0 Å². The van der Waals surface area contributed by atoms with Gasteiger partial charge in [-0.15, -0.1) is 16.4 Å². The summed E-state index contributed by atoms with van der Waals surface area (Å²) in [6.07, 6.45) is 6.67. The lowest BCUT2D eigenvalue weighted by Crippen LogP contribution is -2.32. The van der Waals surface area contributed by atoms with E-state index in [1.54, 1.807) is 16.0 Å². The van der Waals surface area contributed by atoms with Crippen LogP contribution in [0.1, 0.15) is 41.8 Å². The number of benzene rings is 1. The summed E-state index contributed by atoms with van der Waals surface area (Å²) in [5.41, 5.74) is 2.25. The Morgan fingerprint density at radius 2 is 2.09 bits per heavy atom. The molecule has 1 saturated heterocycles. The largest absolute Gasteiger partial charge is 0.376 e.